The average molecular weight is 563 g/mol. The number of rotatable bonds is 11. The van der Waals surface area contributed by atoms with E-state index >= 15 is 0 Å². The first kappa shape index (κ1) is 31.9. The van der Waals surface area contributed by atoms with Crippen molar-refractivity contribution in [2.45, 2.75) is 53.3 Å². The zero-order valence-electron chi connectivity index (χ0n) is 25.8. The number of allylic oxidation sites excluding steroid dienone is 6. The van der Waals surface area contributed by atoms with Gasteiger partial charge in [0, 0.05) is 42.3 Å². The summed E-state index contributed by atoms with van der Waals surface area (Å²) in [5.74, 6) is -0.498. The van der Waals surface area contributed by atoms with Crippen molar-refractivity contribution in [2.75, 3.05) is 7.05 Å². The molecule has 5 nitrogen and oxygen atoms in total. The number of aryl methyl sites for hydroxylation is 1. The van der Waals surface area contributed by atoms with Crippen LogP contribution < -0.4 is 0 Å². The molecule has 0 aliphatic rings. The zero-order valence-corrected chi connectivity index (χ0v) is 25.8. The number of esters is 1. The first-order chi connectivity index (χ1) is 19.7. The highest BCUT2D eigenvalue weighted by Crippen LogP contribution is 2.28. The van der Waals surface area contributed by atoms with E-state index in [9.17, 15) is 9.59 Å². The quantitative estimate of drug-likeness (QED) is 0.134. The van der Waals surface area contributed by atoms with Crippen LogP contribution in [-0.2, 0) is 22.6 Å². The Morgan fingerprint density at radius 1 is 1.00 bits per heavy atom. The van der Waals surface area contributed by atoms with Crippen LogP contribution in [0.4, 0.5) is 0 Å². The largest absolute Gasteiger partial charge is 0.456 e. The van der Waals surface area contributed by atoms with E-state index in [-0.39, 0.29) is 5.91 Å². The molecular weight excluding hydrogens is 520 g/mol. The number of hydrogen-bond donors (Lipinski definition) is 0. The number of fused-ring (bicyclic) bond motifs is 1. The molecule has 0 unspecified atom stereocenters. The van der Waals surface area contributed by atoms with Crippen LogP contribution in [0.2, 0.25) is 0 Å². The lowest BCUT2D eigenvalue weighted by molar-refractivity contribution is -0.149. The molecule has 0 radical (unpaired) electrons. The van der Waals surface area contributed by atoms with Crippen molar-refractivity contribution in [1.29, 1.82) is 0 Å². The zero-order chi connectivity index (χ0) is 31.2. The minimum absolute atomic E-state index is 0.0205. The van der Waals surface area contributed by atoms with Gasteiger partial charge in [0.05, 0.1) is 5.57 Å². The monoisotopic (exact) mass is 562 g/mol. The summed E-state index contributed by atoms with van der Waals surface area (Å²) >= 11 is 0. The second-order valence-corrected chi connectivity index (χ2v) is 11.5. The number of carbonyl (C=O) groups excluding carboxylic acids is 2. The van der Waals surface area contributed by atoms with Crippen LogP contribution in [0.1, 0.15) is 48.0 Å². The molecule has 1 aromatic heterocycles. The van der Waals surface area contributed by atoms with Crippen molar-refractivity contribution in [3.63, 3.8) is 0 Å². The molecule has 0 aliphatic heterocycles. The second kappa shape index (κ2) is 13.3. The lowest BCUT2D eigenvalue weighted by atomic mass is 9.99. The lowest BCUT2D eigenvalue weighted by Gasteiger charge is -2.21. The van der Waals surface area contributed by atoms with Gasteiger partial charge in [0.15, 0.2) is 0 Å². The molecule has 0 aliphatic carbocycles. The molecule has 0 bridgehead atoms. The van der Waals surface area contributed by atoms with Gasteiger partial charge < -0.3 is 14.2 Å². The summed E-state index contributed by atoms with van der Waals surface area (Å²) < 4.78 is 7.72. The van der Waals surface area contributed by atoms with Crippen molar-refractivity contribution >= 4 is 22.8 Å². The third-order valence-corrected chi connectivity index (χ3v) is 6.99. The Hall–Kier alpha value is -4.64. The summed E-state index contributed by atoms with van der Waals surface area (Å²) in [4.78, 5) is 27.7. The van der Waals surface area contributed by atoms with E-state index in [1.165, 1.54) is 6.08 Å². The van der Waals surface area contributed by atoms with Gasteiger partial charge in [0.25, 0.3) is 5.91 Å². The molecule has 0 saturated carbocycles. The first-order valence-corrected chi connectivity index (χ1v) is 13.9. The predicted octanol–water partition coefficient (Wildman–Crippen LogP) is 8.21. The summed E-state index contributed by atoms with van der Waals surface area (Å²) in [5, 5.41) is 1.04. The Morgan fingerprint density at radius 2 is 1.67 bits per heavy atom. The van der Waals surface area contributed by atoms with Crippen LogP contribution in [0.25, 0.3) is 10.9 Å². The van der Waals surface area contributed by atoms with Crippen LogP contribution in [0.15, 0.2) is 121 Å². The standard InChI is InChI=1S/C37H42N2O3/c1-11-15-32(36(41)42-37(7,8)9)27(4)26(3)19-18-25(2)23-39-29(6)28(5)33-22-31(20-21-34(33)39)35(40)38(10)24-30-16-13-12-14-17-30/h11-22H,1-4,23-24H2,5-10H3/b19-18-,32-15+. The Bertz CT molecular complexity index is 1610. The van der Waals surface area contributed by atoms with Gasteiger partial charge in [0.2, 0.25) is 0 Å². The summed E-state index contributed by atoms with van der Waals surface area (Å²) in [5.41, 5.74) is 6.55. The number of hydrogen-bond acceptors (Lipinski definition) is 3. The maximum Gasteiger partial charge on any atom is 0.339 e. The summed E-state index contributed by atoms with van der Waals surface area (Å²) in [6.07, 6.45) is 6.80. The third-order valence-electron chi connectivity index (χ3n) is 6.99. The SMILES string of the molecule is C=C/C=C(\C(=C)C(=C)/C=C\C(=C)Cn1c(C)c(C)c2cc(C(=O)N(C)Cc3ccccc3)ccc21)C(=O)OC(C)(C)C. The van der Waals surface area contributed by atoms with Gasteiger partial charge in [-0.25, -0.2) is 4.79 Å². The van der Waals surface area contributed by atoms with Gasteiger partial charge in [-0.3, -0.25) is 4.79 Å². The van der Waals surface area contributed by atoms with Gasteiger partial charge in [-0.1, -0.05) is 74.9 Å². The van der Waals surface area contributed by atoms with Crippen LogP contribution in [0.3, 0.4) is 0 Å². The highest BCUT2D eigenvalue weighted by molar-refractivity contribution is 5.99. The Kier molecular flexibility index (Phi) is 10.1. The number of benzene rings is 2. The fourth-order valence-electron chi connectivity index (χ4n) is 4.63. The Balaban J connectivity index is 1.76. The molecular formula is C37H42N2O3. The molecule has 218 valence electrons. The smallest absolute Gasteiger partial charge is 0.339 e. The van der Waals surface area contributed by atoms with Crippen molar-refractivity contribution in [3.8, 4) is 0 Å². The molecule has 42 heavy (non-hydrogen) atoms. The Labute approximate surface area is 250 Å². The summed E-state index contributed by atoms with van der Waals surface area (Å²) in [7, 11) is 1.82. The van der Waals surface area contributed by atoms with Gasteiger partial charge in [-0.2, -0.15) is 0 Å². The van der Waals surface area contributed by atoms with Crippen molar-refractivity contribution in [1.82, 2.24) is 9.47 Å². The van der Waals surface area contributed by atoms with Crippen LogP contribution in [0, 0.1) is 13.8 Å². The fraction of sp³-hybridized carbons (Fsp3) is 0.243. The maximum atomic E-state index is 13.2. The predicted molar refractivity (Wildman–Crippen MR) is 174 cm³/mol. The van der Waals surface area contributed by atoms with Gasteiger partial charge >= 0.3 is 5.97 Å². The molecule has 0 N–H and O–H groups in total. The number of ether oxygens (including phenoxy) is 1. The number of carbonyl (C=O) groups is 2. The minimum Gasteiger partial charge on any atom is -0.456 e. The third kappa shape index (κ3) is 7.76. The highest BCUT2D eigenvalue weighted by atomic mass is 16.6. The van der Waals surface area contributed by atoms with Crippen molar-refractivity contribution in [2.24, 2.45) is 0 Å². The van der Waals surface area contributed by atoms with E-state index in [0.717, 1.165) is 33.3 Å². The van der Waals surface area contributed by atoms with Gasteiger partial charge in [-0.15, -0.1) is 0 Å². The molecule has 0 atom stereocenters. The van der Waals surface area contributed by atoms with E-state index in [1.54, 1.807) is 17.1 Å². The summed E-state index contributed by atoms with van der Waals surface area (Å²) in [6, 6.07) is 15.8. The number of aromatic nitrogens is 1. The van der Waals surface area contributed by atoms with E-state index in [1.807, 2.05) is 82.4 Å². The molecule has 1 amide bonds. The topological polar surface area (TPSA) is 51.5 Å². The van der Waals surface area contributed by atoms with Gasteiger partial charge in [0.1, 0.15) is 5.60 Å². The van der Waals surface area contributed by atoms with E-state index < -0.39 is 11.6 Å². The maximum absolute atomic E-state index is 13.2. The molecule has 0 spiro atoms. The molecule has 3 aromatic rings. The fourth-order valence-corrected chi connectivity index (χ4v) is 4.63. The highest BCUT2D eigenvalue weighted by Gasteiger charge is 2.22. The number of amides is 1. The summed E-state index contributed by atoms with van der Waals surface area (Å²) in [6.45, 7) is 26.8. The molecule has 1 heterocycles. The van der Waals surface area contributed by atoms with Crippen LogP contribution in [0.5, 0.6) is 0 Å². The number of nitrogens with zero attached hydrogens (tertiary/aromatic N) is 2. The molecule has 2 aromatic carbocycles. The average Bonchev–Trinajstić information content (AvgIpc) is 3.17. The van der Waals surface area contributed by atoms with E-state index in [0.29, 0.717) is 35.4 Å². The van der Waals surface area contributed by atoms with Gasteiger partial charge in [-0.05, 0) is 86.7 Å². The molecule has 0 saturated heterocycles. The van der Waals surface area contributed by atoms with Crippen molar-refractivity contribution in [3.05, 3.63) is 144 Å². The second-order valence-electron chi connectivity index (χ2n) is 11.5. The van der Waals surface area contributed by atoms with Crippen molar-refractivity contribution < 1.29 is 14.3 Å². The minimum atomic E-state index is -0.634. The van der Waals surface area contributed by atoms with E-state index in [4.69, 9.17) is 4.74 Å². The first-order valence-electron chi connectivity index (χ1n) is 13.9. The lowest BCUT2D eigenvalue weighted by Crippen LogP contribution is -2.26. The Morgan fingerprint density at radius 3 is 2.29 bits per heavy atom. The van der Waals surface area contributed by atoms with Crippen LogP contribution >= 0.6 is 0 Å². The van der Waals surface area contributed by atoms with E-state index in [2.05, 4.69) is 44.7 Å². The molecule has 5 heteroatoms. The molecule has 3 rings (SSSR count). The van der Waals surface area contributed by atoms with Crippen LogP contribution in [-0.4, -0.2) is 34.0 Å². The molecule has 0 fully saturated rings. The normalized spacial score (nSPS) is 11.9.